The molecule has 3 fully saturated rings. The molecule has 4 heterocycles. The third kappa shape index (κ3) is 3.12. The highest BCUT2D eigenvalue weighted by Gasteiger charge is 2.45. The summed E-state index contributed by atoms with van der Waals surface area (Å²) in [4.78, 5) is 21.8. The lowest BCUT2D eigenvalue weighted by molar-refractivity contribution is -0.140. The van der Waals surface area contributed by atoms with Gasteiger partial charge in [0.15, 0.2) is 0 Å². The van der Waals surface area contributed by atoms with Gasteiger partial charge in [0.2, 0.25) is 5.91 Å². The number of carbonyl (C=O) groups is 1. The third-order valence-corrected chi connectivity index (χ3v) is 5.52. The van der Waals surface area contributed by atoms with Crippen molar-refractivity contribution in [1.29, 1.82) is 0 Å². The molecule has 3 saturated heterocycles. The van der Waals surface area contributed by atoms with Crippen LogP contribution in [0.25, 0.3) is 0 Å². The molecule has 3 aliphatic rings. The van der Waals surface area contributed by atoms with Crippen molar-refractivity contribution in [2.24, 2.45) is 11.8 Å². The number of fused-ring (bicyclic) bond motifs is 1. The zero-order valence-electron chi connectivity index (χ0n) is 13.6. The molecule has 0 N–H and O–H groups in total. The number of pyridine rings is 1. The molecule has 0 saturated carbocycles. The first-order valence-corrected chi connectivity index (χ1v) is 8.84. The second-order valence-electron chi connectivity index (χ2n) is 7.02. The molecule has 0 bridgehead atoms. The van der Waals surface area contributed by atoms with Crippen molar-refractivity contribution in [3.8, 4) is 0 Å². The van der Waals surface area contributed by atoms with Gasteiger partial charge in [-0.05, 0) is 31.4 Å². The number of aromatic nitrogens is 1. The molecule has 1 aromatic rings. The van der Waals surface area contributed by atoms with E-state index in [1.807, 2.05) is 18.3 Å². The smallest absolute Gasteiger partial charge is 0.227 e. The summed E-state index contributed by atoms with van der Waals surface area (Å²) in [6.07, 6.45) is 5.39. The van der Waals surface area contributed by atoms with Crippen molar-refractivity contribution >= 4 is 5.91 Å². The van der Waals surface area contributed by atoms with E-state index in [0.29, 0.717) is 11.8 Å². The van der Waals surface area contributed by atoms with Crippen LogP contribution in [0.3, 0.4) is 0 Å². The Hall–Kier alpha value is -1.46. The van der Waals surface area contributed by atoms with Gasteiger partial charge in [-0.15, -0.1) is 0 Å². The van der Waals surface area contributed by atoms with E-state index in [-0.39, 0.29) is 12.0 Å². The van der Waals surface area contributed by atoms with Crippen molar-refractivity contribution in [2.75, 3.05) is 32.8 Å². The SMILES string of the molecule is O=C([C@@H]1CN(Cc2ccccn2)C[C@H]2OCC[C@H]21)N1CCCC1. The lowest BCUT2D eigenvalue weighted by Gasteiger charge is -2.40. The molecule has 0 unspecified atom stereocenters. The quantitative estimate of drug-likeness (QED) is 0.849. The Balaban J connectivity index is 1.49. The van der Waals surface area contributed by atoms with Crippen LogP contribution in [0.5, 0.6) is 0 Å². The molecule has 0 aliphatic carbocycles. The van der Waals surface area contributed by atoms with E-state index in [0.717, 1.165) is 64.3 Å². The van der Waals surface area contributed by atoms with Crippen molar-refractivity contribution in [3.05, 3.63) is 30.1 Å². The Morgan fingerprint density at radius 3 is 2.91 bits per heavy atom. The van der Waals surface area contributed by atoms with E-state index in [9.17, 15) is 4.79 Å². The summed E-state index contributed by atoms with van der Waals surface area (Å²) in [6, 6.07) is 6.02. The Morgan fingerprint density at radius 1 is 1.26 bits per heavy atom. The topological polar surface area (TPSA) is 45.7 Å². The largest absolute Gasteiger partial charge is 0.377 e. The van der Waals surface area contributed by atoms with Crippen LogP contribution in [0, 0.1) is 11.8 Å². The average Bonchev–Trinajstić information content (AvgIpc) is 3.26. The number of hydrogen-bond donors (Lipinski definition) is 0. The average molecular weight is 315 g/mol. The minimum atomic E-state index is 0.0954. The van der Waals surface area contributed by atoms with E-state index >= 15 is 0 Å². The van der Waals surface area contributed by atoms with Gasteiger partial charge < -0.3 is 9.64 Å². The molecule has 124 valence electrons. The molecular formula is C18H25N3O2. The van der Waals surface area contributed by atoms with Crippen LogP contribution < -0.4 is 0 Å². The van der Waals surface area contributed by atoms with E-state index in [1.54, 1.807) is 0 Å². The van der Waals surface area contributed by atoms with E-state index in [2.05, 4.69) is 20.9 Å². The van der Waals surface area contributed by atoms with E-state index in [1.165, 1.54) is 0 Å². The molecule has 0 spiro atoms. The lowest BCUT2D eigenvalue weighted by Crippen LogP contribution is -2.52. The molecule has 1 aromatic heterocycles. The Morgan fingerprint density at radius 2 is 2.13 bits per heavy atom. The maximum Gasteiger partial charge on any atom is 0.227 e. The van der Waals surface area contributed by atoms with Crippen LogP contribution in [-0.4, -0.2) is 59.6 Å². The summed E-state index contributed by atoms with van der Waals surface area (Å²) in [5.41, 5.74) is 1.07. The number of likely N-dealkylation sites (tertiary alicyclic amines) is 2. The fourth-order valence-electron chi connectivity index (χ4n) is 4.34. The van der Waals surface area contributed by atoms with Crippen LogP contribution in [0.2, 0.25) is 0 Å². The highest BCUT2D eigenvalue weighted by molar-refractivity contribution is 5.80. The van der Waals surface area contributed by atoms with Gasteiger partial charge in [0, 0.05) is 51.4 Å². The van der Waals surface area contributed by atoms with Crippen molar-refractivity contribution in [2.45, 2.75) is 31.9 Å². The highest BCUT2D eigenvalue weighted by atomic mass is 16.5. The van der Waals surface area contributed by atoms with Gasteiger partial charge >= 0.3 is 0 Å². The molecule has 23 heavy (non-hydrogen) atoms. The standard InChI is InChI=1S/C18H25N3O2/c22-18(21-8-3-4-9-21)16-12-20(11-14-5-1-2-7-19-14)13-17-15(16)6-10-23-17/h1-2,5,7,15-17H,3-4,6,8-13H2/t15-,16+,17+/m0/s1. The monoisotopic (exact) mass is 315 g/mol. The maximum atomic E-state index is 13.0. The highest BCUT2D eigenvalue weighted by Crippen LogP contribution is 2.35. The van der Waals surface area contributed by atoms with Crippen molar-refractivity contribution < 1.29 is 9.53 Å². The molecular weight excluding hydrogens is 290 g/mol. The summed E-state index contributed by atoms with van der Waals surface area (Å²) in [5.74, 6) is 0.856. The van der Waals surface area contributed by atoms with Crippen LogP contribution in [0.4, 0.5) is 0 Å². The zero-order valence-corrected chi connectivity index (χ0v) is 13.6. The second kappa shape index (κ2) is 6.57. The number of rotatable bonds is 3. The first kappa shape index (κ1) is 15.1. The third-order valence-electron chi connectivity index (χ3n) is 5.52. The van der Waals surface area contributed by atoms with Crippen LogP contribution in [-0.2, 0) is 16.1 Å². The Bertz CT molecular complexity index is 544. The normalized spacial score (nSPS) is 31.3. The summed E-state index contributed by atoms with van der Waals surface area (Å²) in [6.45, 7) is 5.25. The van der Waals surface area contributed by atoms with Crippen LogP contribution in [0.1, 0.15) is 25.0 Å². The summed E-state index contributed by atoms with van der Waals surface area (Å²) >= 11 is 0. The molecule has 3 aliphatic heterocycles. The first-order valence-electron chi connectivity index (χ1n) is 8.84. The van der Waals surface area contributed by atoms with E-state index < -0.39 is 0 Å². The summed E-state index contributed by atoms with van der Waals surface area (Å²) in [5, 5.41) is 0. The molecule has 0 aromatic carbocycles. The number of piperidine rings is 1. The van der Waals surface area contributed by atoms with Crippen molar-refractivity contribution in [3.63, 3.8) is 0 Å². The number of nitrogens with zero attached hydrogens (tertiary/aromatic N) is 3. The second-order valence-corrected chi connectivity index (χ2v) is 7.02. The molecule has 5 heteroatoms. The van der Waals surface area contributed by atoms with Crippen LogP contribution >= 0.6 is 0 Å². The minimum Gasteiger partial charge on any atom is -0.377 e. The number of carbonyl (C=O) groups excluding carboxylic acids is 1. The minimum absolute atomic E-state index is 0.0954. The molecule has 4 rings (SSSR count). The fraction of sp³-hybridized carbons (Fsp3) is 0.667. The predicted molar refractivity (Wildman–Crippen MR) is 86.7 cm³/mol. The summed E-state index contributed by atoms with van der Waals surface area (Å²) < 4.78 is 5.94. The molecule has 0 radical (unpaired) electrons. The molecule has 3 atom stereocenters. The Labute approximate surface area is 137 Å². The van der Waals surface area contributed by atoms with Gasteiger partial charge in [-0.3, -0.25) is 14.7 Å². The van der Waals surface area contributed by atoms with Gasteiger partial charge in [-0.2, -0.15) is 0 Å². The van der Waals surface area contributed by atoms with E-state index in [4.69, 9.17) is 4.74 Å². The zero-order chi connectivity index (χ0) is 15.6. The van der Waals surface area contributed by atoms with Gasteiger partial charge in [0.25, 0.3) is 0 Å². The number of ether oxygens (including phenoxy) is 1. The van der Waals surface area contributed by atoms with Crippen molar-refractivity contribution in [1.82, 2.24) is 14.8 Å². The lowest BCUT2D eigenvalue weighted by atomic mass is 9.82. The Kier molecular flexibility index (Phi) is 4.31. The predicted octanol–water partition coefficient (Wildman–Crippen LogP) is 1.54. The number of hydrogen-bond acceptors (Lipinski definition) is 4. The maximum absolute atomic E-state index is 13.0. The molecule has 5 nitrogen and oxygen atoms in total. The number of amides is 1. The molecule has 1 amide bonds. The first-order chi connectivity index (χ1) is 11.3. The summed E-state index contributed by atoms with van der Waals surface area (Å²) in [7, 11) is 0. The van der Waals surface area contributed by atoms with Gasteiger partial charge in [0.05, 0.1) is 17.7 Å². The fourth-order valence-corrected chi connectivity index (χ4v) is 4.34. The van der Waals surface area contributed by atoms with Gasteiger partial charge in [0.1, 0.15) is 0 Å². The van der Waals surface area contributed by atoms with Gasteiger partial charge in [-0.25, -0.2) is 0 Å². The van der Waals surface area contributed by atoms with Gasteiger partial charge in [-0.1, -0.05) is 6.07 Å². The van der Waals surface area contributed by atoms with Crippen LogP contribution in [0.15, 0.2) is 24.4 Å².